The van der Waals surface area contributed by atoms with Gasteiger partial charge in [0.15, 0.2) is 12.0 Å². The van der Waals surface area contributed by atoms with Crippen molar-refractivity contribution in [3.05, 3.63) is 11.6 Å². The van der Waals surface area contributed by atoms with E-state index in [1.165, 1.54) is 38.4 Å². The Kier molecular flexibility index (Phi) is 3.67. The van der Waals surface area contributed by atoms with Gasteiger partial charge in [-0.15, -0.1) is 0 Å². The van der Waals surface area contributed by atoms with Gasteiger partial charge in [0, 0.05) is 13.5 Å². The zero-order chi connectivity index (χ0) is 16.2. The third kappa shape index (κ3) is 2.48. The molecule has 23 heavy (non-hydrogen) atoms. The number of rotatable bonds is 4. The van der Waals surface area contributed by atoms with E-state index in [-0.39, 0.29) is 18.4 Å². The maximum absolute atomic E-state index is 14.0. The molecule has 0 aromatic carbocycles. The van der Waals surface area contributed by atoms with Gasteiger partial charge >= 0.3 is 0 Å². The Hall–Kier alpha value is -0.780. The van der Waals surface area contributed by atoms with Crippen LogP contribution in [-0.2, 0) is 19.0 Å². The summed E-state index contributed by atoms with van der Waals surface area (Å²) in [5, 5.41) is 0. The molecule has 6 atom stereocenters. The number of methoxy groups -OCH3 is 1. The Bertz CT molecular complexity index is 533. The molecular formula is C18H25FO4. The van der Waals surface area contributed by atoms with Crippen LogP contribution in [-0.4, -0.2) is 49.1 Å². The third-order valence-electron chi connectivity index (χ3n) is 6.21. The average molecular weight is 324 g/mol. The molecule has 0 amide bonds. The van der Waals surface area contributed by atoms with Crippen molar-refractivity contribution in [3.63, 3.8) is 0 Å². The predicted molar refractivity (Wildman–Crippen MR) is 81.9 cm³/mol. The highest BCUT2D eigenvalue weighted by Gasteiger charge is 2.73. The Labute approximate surface area is 136 Å². The molecule has 4 nitrogen and oxygen atoms in total. The molecule has 2 aliphatic carbocycles. The van der Waals surface area contributed by atoms with Gasteiger partial charge in [-0.1, -0.05) is 11.6 Å². The maximum atomic E-state index is 14.0. The van der Waals surface area contributed by atoms with Crippen LogP contribution in [0.25, 0.3) is 0 Å². The smallest absolute Gasteiger partial charge is 0.196 e. The first-order chi connectivity index (χ1) is 11.0. The highest BCUT2D eigenvalue weighted by molar-refractivity contribution is 5.89. The first-order valence-corrected chi connectivity index (χ1v) is 8.70. The van der Waals surface area contributed by atoms with Gasteiger partial charge in [0.2, 0.25) is 0 Å². The van der Waals surface area contributed by atoms with Crippen LogP contribution in [0.4, 0.5) is 4.39 Å². The van der Waals surface area contributed by atoms with Crippen LogP contribution in [0.5, 0.6) is 0 Å². The molecule has 2 heterocycles. The van der Waals surface area contributed by atoms with Crippen molar-refractivity contribution in [2.24, 2.45) is 5.92 Å². The van der Waals surface area contributed by atoms with E-state index in [4.69, 9.17) is 14.2 Å². The zero-order valence-electron chi connectivity index (χ0n) is 13.8. The van der Waals surface area contributed by atoms with E-state index in [1.54, 1.807) is 0 Å². The molecule has 0 N–H and O–H groups in total. The minimum atomic E-state index is -1.49. The number of allylic oxidation sites excluding steroid dienone is 1. The van der Waals surface area contributed by atoms with Crippen LogP contribution < -0.4 is 0 Å². The Balaban J connectivity index is 1.51. The fourth-order valence-corrected chi connectivity index (χ4v) is 4.75. The largest absolute Gasteiger partial charge is 0.373 e. The number of ketones is 1. The molecule has 4 aliphatic rings. The Morgan fingerprint density at radius 1 is 1.39 bits per heavy atom. The quantitative estimate of drug-likeness (QED) is 0.589. The molecule has 0 aromatic heterocycles. The van der Waals surface area contributed by atoms with E-state index in [2.05, 4.69) is 6.08 Å². The first-order valence-electron chi connectivity index (χ1n) is 8.70. The molecule has 0 bridgehead atoms. The molecule has 128 valence electrons. The molecule has 6 unspecified atom stereocenters. The summed E-state index contributed by atoms with van der Waals surface area (Å²) < 4.78 is 31.1. The maximum Gasteiger partial charge on any atom is 0.196 e. The Morgan fingerprint density at radius 2 is 2.09 bits per heavy atom. The summed E-state index contributed by atoms with van der Waals surface area (Å²) in [6, 6.07) is 0. The van der Waals surface area contributed by atoms with Gasteiger partial charge in [0.1, 0.15) is 17.3 Å². The van der Waals surface area contributed by atoms with E-state index in [9.17, 15) is 9.18 Å². The topological polar surface area (TPSA) is 51.4 Å². The standard InChI is InChI=1S/C18H25FO4/c1-17(13(23-17)8-7-11-5-3-4-6-11)16-15(21-2)14(20)12(19)9-18(16)10-22-18/h7,12-13,15-16H,3-6,8-10H2,1-2H3. The summed E-state index contributed by atoms with van der Waals surface area (Å²) in [6.07, 6.45) is 6.09. The van der Waals surface area contributed by atoms with Crippen LogP contribution in [0.15, 0.2) is 11.6 Å². The monoisotopic (exact) mass is 324 g/mol. The lowest BCUT2D eigenvalue weighted by atomic mass is 9.68. The number of hydrogen-bond donors (Lipinski definition) is 0. The highest BCUT2D eigenvalue weighted by atomic mass is 19.1. The van der Waals surface area contributed by atoms with Gasteiger partial charge in [-0.3, -0.25) is 4.79 Å². The zero-order valence-corrected chi connectivity index (χ0v) is 13.8. The van der Waals surface area contributed by atoms with Crippen LogP contribution >= 0.6 is 0 Å². The van der Waals surface area contributed by atoms with Crippen LogP contribution in [0.3, 0.4) is 0 Å². The molecule has 2 aliphatic heterocycles. The SMILES string of the molecule is COC1C(=O)C(F)CC2(CO2)C1C1(C)OC1CC=C1CCCC1. The van der Waals surface area contributed by atoms with Gasteiger partial charge in [0.05, 0.1) is 18.6 Å². The predicted octanol–water partition coefficient (Wildman–Crippen LogP) is 2.75. The van der Waals surface area contributed by atoms with Gasteiger partial charge in [-0.2, -0.15) is 0 Å². The van der Waals surface area contributed by atoms with Crippen molar-refractivity contribution in [1.82, 2.24) is 0 Å². The van der Waals surface area contributed by atoms with Crippen molar-refractivity contribution >= 4 is 5.78 Å². The van der Waals surface area contributed by atoms with Crippen molar-refractivity contribution < 1.29 is 23.4 Å². The Morgan fingerprint density at radius 3 is 2.70 bits per heavy atom. The van der Waals surface area contributed by atoms with Crippen LogP contribution in [0.1, 0.15) is 45.4 Å². The lowest BCUT2D eigenvalue weighted by Gasteiger charge is -2.38. The second-order valence-electron chi connectivity index (χ2n) is 7.66. The molecular weight excluding hydrogens is 299 g/mol. The fraction of sp³-hybridized carbons (Fsp3) is 0.833. The fourth-order valence-electron chi connectivity index (χ4n) is 4.75. The summed E-state index contributed by atoms with van der Waals surface area (Å²) in [5.74, 6) is -0.672. The minimum Gasteiger partial charge on any atom is -0.373 e. The molecule has 4 rings (SSSR count). The molecule has 1 spiro atoms. The average Bonchev–Trinajstić information content (AvgIpc) is 3.35. The van der Waals surface area contributed by atoms with Crippen LogP contribution in [0, 0.1) is 5.92 Å². The molecule has 4 fully saturated rings. The lowest BCUT2D eigenvalue weighted by Crippen LogP contribution is -2.56. The second kappa shape index (κ2) is 5.36. The normalized spacial score (nSPS) is 48.8. The summed E-state index contributed by atoms with van der Waals surface area (Å²) in [6.45, 7) is 2.52. The van der Waals surface area contributed by atoms with Gasteiger partial charge < -0.3 is 14.2 Å². The van der Waals surface area contributed by atoms with Gasteiger partial charge in [0.25, 0.3) is 0 Å². The molecule has 2 saturated carbocycles. The number of ether oxygens (including phenoxy) is 3. The number of alkyl halides is 1. The van der Waals surface area contributed by atoms with Gasteiger partial charge in [-0.25, -0.2) is 4.39 Å². The lowest BCUT2D eigenvalue weighted by molar-refractivity contribution is -0.150. The molecule has 0 aromatic rings. The summed E-state index contributed by atoms with van der Waals surface area (Å²) in [7, 11) is 1.48. The van der Waals surface area contributed by atoms with E-state index in [0.717, 1.165) is 6.42 Å². The number of hydrogen-bond acceptors (Lipinski definition) is 4. The highest BCUT2D eigenvalue weighted by Crippen LogP contribution is 2.59. The van der Waals surface area contributed by atoms with E-state index < -0.39 is 29.3 Å². The summed E-state index contributed by atoms with van der Waals surface area (Å²) in [4.78, 5) is 12.2. The molecule has 0 radical (unpaired) electrons. The summed E-state index contributed by atoms with van der Waals surface area (Å²) in [5.41, 5.74) is 0.493. The minimum absolute atomic E-state index is 0.0725. The van der Waals surface area contributed by atoms with Crippen molar-refractivity contribution in [2.75, 3.05) is 13.7 Å². The summed E-state index contributed by atoms with van der Waals surface area (Å²) >= 11 is 0. The number of carbonyl (C=O) groups excluding carboxylic acids is 1. The number of halogens is 1. The van der Waals surface area contributed by atoms with E-state index >= 15 is 0 Å². The number of Topliss-reactive ketones (excluding diaryl/α,β-unsaturated/α-hetero) is 1. The molecule has 2 saturated heterocycles. The number of epoxide rings is 2. The van der Waals surface area contributed by atoms with Crippen LogP contribution in [0.2, 0.25) is 0 Å². The first kappa shape index (κ1) is 15.7. The van der Waals surface area contributed by atoms with Gasteiger partial charge in [-0.05, 0) is 39.0 Å². The van der Waals surface area contributed by atoms with Crippen molar-refractivity contribution in [2.45, 2.75) is 75.0 Å². The van der Waals surface area contributed by atoms with E-state index in [1.807, 2.05) is 6.92 Å². The van der Waals surface area contributed by atoms with Crippen molar-refractivity contribution in [3.8, 4) is 0 Å². The second-order valence-corrected chi connectivity index (χ2v) is 7.66. The molecule has 5 heteroatoms. The third-order valence-corrected chi connectivity index (χ3v) is 6.21. The van der Waals surface area contributed by atoms with Crippen molar-refractivity contribution in [1.29, 1.82) is 0 Å². The van der Waals surface area contributed by atoms with E-state index in [0.29, 0.717) is 6.61 Å². The number of carbonyl (C=O) groups is 1.